The highest BCUT2D eigenvalue weighted by atomic mass is 16.2. The fourth-order valence-corrected chi connectivity index (χ4v) is 3.71. The van der Waals surface area contributed by atoms with Gasteiger partial charge in [0, 0.05) is 0 Å². The van der Waals surface area contributed by atoms with Crippen molar-refractivity contribution < 1.29 is 9.59 Å². The van der Waals surface area contributed by atoms with Crippen LogP contribution < -0.4 is 16.4 Å². The Morgan fingerprint density at radius 2 is 1.67 bits per heavy atom. The van der Waals surface area contributed by atoms with Crippen molar-refractivity contribution in [3.63, 3.8) is 0 Å². The van der Waals surface area contributed by atoms with Crippen LogP contribution in [0.4, 0.5) is 0 Å². The van der Waals surface area contributed by atoms with Crippen molar-refractivity contribution in [2.45, 2.75) is 50.2 Å². The van der Waals surface area contributed by atoms with Gasteiger partial charge in [-0.25, -0.2) is 0 Å². The van der Waals surface area contributed by atoms with Gasteiger partial charge in [-0.15, -0.1) is 0 Å². The Morgan fingerprint density at radius 3 is 2.22 bits per heavy atom. The Hall–Kier alpha value is -2.66. The zero-order chi connectivity index (χ0) is 19.4. The minimum Gasteiger partial charge on any atom is -0.347 e. The molecule has 0 aliphatic carbocycles. The van der Waals surface area contributed by atoms with Gasteiger partial charge in [0.1, 0.15) is 5.54 Å². The number of rotatable bonds is 4. The quantitative estimate of drug-likeness (QED) is 0.779. The van der Waals surface area contributed by atoms with E-state index in [2.05, 4.69) is 22.8 Å². The van der Waals surface area contributed by atoms with Crippen molar-refractivity contribution in [1.29, 1.82) is 0 Å². The van der Waals surface area contributed by atoms with E-state index < -0.39 is 11.6 Å². The van der Waals surface area contributed by atoms with Gasteiger partial charge < -0.3 is 16.4 Å². The first-order valence-electron chi connectivity index (χ1n) is 9.37. The molecule has 1 fully saturated rings. The summed E-state index contributed by atoms with van der Waals surface area (Å²) < 4.78 is 0. The number of carbonyl (C=O) groups excluding carboxylic acids is 2. The zero-order valence-electron chi connectivity index (χ0n) is 15.8. The van der Waals surface area contributed by atoms with E-state index in [-0.39, 0.29) is 23.8 Å². The summed E-state index contributed by atoms with van der Waals surface area (Å²) in [5.41, 5.74) is 6.93. The summed E-state index contributed by atoms with van der Waals surface area (Å²) in [4.78, 5) is 25.3. The van der Waals surface area contributed by atoms with E-state index in [1.807, 2.05) is 48.5 Å². The van der Waals surface area contributed by atoms with E-state index in [0.29, 0.717) is 6.42 Å². The summed E-state index contributed by atoms with van der Waals surface area (Å²) in [5, 5.41) is 6.02. The second-order valence-corrected chi connectivity index (χ2v) is 7.59. The maximum absolute atomic E-state index is 13.1. The first-order chi connectivity index (χ1) is 12.9. The predicted molar refractivity (Wildman–Crippen MR) is 106 cm³/mol. The third kappa shape index (κ3) is 4.37. The monoisotopic (exact) mass is 365 g/mol. The van der Waals surface area contributed by atoms with E-state index in [9.17, 15) is 9.59 Å². The Labute approximate surface area is 160 Å². The first kappa shape index (κ1) is 19.1. The second kappa shape index (κ2) is 7.92. The highest BCUT2D eigenvalue weighted by Gasteiger charge is 2.42. The van der Waals surface area contributed by atoms with Crippen molar-refractivity contribution in [2.75, 3.05) is 0 Å². The van der Waals surface area contributed by atoms with E-state index >= 15 is 0 Å². The van der Waals surface area contributed by atoms with E-state index in [1.165, 1.54) is 0 Å². The number of hydrogen-bond acceptors (Lipinski definition) is 3. The molecule has 27 heavy (non-hydrogen) atoms. The van der Waals surface area contributed by atoms with Crippen LogP contribution in [0.2, 0.25) is 0 Å². The van der Waals surface area contributed by atoms with Crippen LogP contribution in [0, 0.1) is 0 Å². The lowest BCUT2D eigenvalue weighted by atomic mass is 9.82. The lowest BCUT2D eigenvalue weighted by molar-refractivity contribution is -0.133. The Kier molecular flexibility index (Phi) is 5.61. The SMILES string of the molecule is C[C@H](N)C(=O)N[C@@]1(C)C[C@H](c2ccccc2)C[C@H](c2ccccc2)NC1=O. The lowest BCUT2D eigenvalue weighted by Gasteiger charge is -2.31. The molecule has 1 heterocycles. The van der Waals surface area contributed by atoms with Crippen molar-refractivity contribution in [3.8, 4) is 0 Å². The topological polar surface area (TPSA) is 84.2 Å². The van der Waals surface area contributed by atoms with Gasteiger partial charge in [-0.05, 0) is 43.7 Å². The number of amides is 2. The highest BCUT2D eigenvalue weighted by molar-refractivity contribution is 5.93. The van der Waals surface area contributed by atoms with Gasteiger partial charge >= 0.3 is 0 Å². The van der Waals surface area contributed by atoms with Gasteiger partial charge in [0.05, 0.1) is 12.1 Å². The Morgan fingerprint density at radius 1 is 1.11 bits per heavy atom. The van der Waals surface area contributed by atoms with E-state index in [4.69, 9.17) is 5.73 Å². The van der Waals surface area contributed by atoms with Crippen LogP contribution >= 0.6 is 0 Å². The molecule has 0 saturated carbocycles. The summed E-state index contributed by atoms with van der Waals surface area (Å²) in [6, 6.07) is 19.3. The van der Waals surface area contributed by atoms with Crippen LogP contribution in [0.5, 0.6) is 0 Å². The van der Waals surface area contributed by atoms with Gasteiger partial charge in [-0.2, -0.15) is 0 Å². The third-order valence-electron chi connectivity index (χ3n) is 5.27. The molecule has 2 amide bonds. The summed E-state index contributed by atoms with van der Waals surface area (Å²) in [6.45, 7) is 3.40. The molecule has 5 heteroatoms. The summed E-state index contributed by atoms with van der Waals surface area (Å²) in [7, 11) is 0. The largest absolute Gasteiger partial charge is 0.347 e. The van der Waals surface area contributed by atoms with Gasteiger partial charge in [-0.1, -0.05) is 60.7 Å². The smallest absolute Gasteiger partial charge is 0.245 e. The molecule has 0 radical (unpaired) electrons. The number of benzene rings is 2. The van der Waals surface area contributed by atoms with Gasteiger partial charge in [0.2, 0.25) is 11.8 Å². The molecule has 2 aromatic carbocycles. The number of nitrogens with two attached hydrogens (primary N) is 1. The van der Waals surface area contributed by atoms with Crippen LogP contribution in [-0.4, -0.2) is 23.4 Å². The van der Waals surface area contributed by atoms with Crippen molar-refractivity contribution in [3.05, 3.63) is 71.8 Å². The van der Waals surface area contributed by atoms with Crippen molar-refractivity contribution in [2.24, 2.45) is 5.73 Å². The normalized spacial score (nSPS) is 26.6. The molecule has 3 rings (SSSR count). The second-order valence-electron chi connectivity index (χ2n) is 7.59. The summed E-state index contributed by atoms with van der Waals surface area (Å²) in [6.07, 6.45) is 1.29. The third-order valence-corrected chi connectivity index (χ3v) is 5.27. The maximum Gasteiger partial charge on any atom is 0.245 e. The molecule has 2 aromatic rings. The van der Waals surface area contributed by atoms with E-state index in [1.54, 1.807) is 13.8 Å². The highest BCUT2D eigenvalue weighted by Crippen LogP contribution is 2.37. The predicted octanol–water partition coefficient (Wildman–Crippen LogP) is 2.64. The molecule has 1 saturated heterocycles. The average molecular weight is 365 g/mol. The number of carbonyl (C=O) groups is 2. The molecule has 1 aliphatic heterocycles. The molecule has 0 bridgehead atoms. The molecule has 4 atom stereocenters. The number of hydrogen-bond donors (Lipinski definition) is 3. The fraction of sp³-hybridized carbons (Fsp3) is 0.364. The molecular weight excluding hydrogens is 338 g/mol. The number of nitrogens with one attached hydrogen (secondary N) is 2. The van der Waals surface area contributed by atoms with Crippen LogP contribution in [0.1, 0.15) is 49.8 Å². The van der Waals surface area contributed by atoms with Gasteiger partial charge in [0.15, 0.2) is 0 Å². The molecule has 0 unspecified atom stereocenters. The van der Waals surface area contributed by atoms with Crippen molar-refractivity contribution in [1.82, 2.24) is 10.6 Å². The molecule has 142 valence electrons. The van der Waals surface area contributed by atoms with Crippen LogP contribution in [-0.2, 0) is 9.59 Å². The molecule has 1 aliphatic rings. The maximum atomic E-state index is 13.1. The van der Waals surface area contributed by atoms with Crippen LogP contribution in [0.3, 0.4) is 0 Å². The fourth-order valence-electron chi connectivity index (χ4n) is 3.71. The van der Waals surface area contributed by atoms with Crippen LogP contribution in [0.15, 0.2) is 60.7 Å². The zero-order valence-corrected chi connectivity index (χ0v) is 15.8. The Balaban J connectivity index is 1.96. The first-order valence-corrected chi connectivity index (χ1v) is 9.37. The molecule has 0 aromatic heterocycles. The van der Waals surface area contributed by atoms with E-state index in [0.717, 1.165) is 17.5 Å². The molecule has 5 nitrogen and oxygen atoms in total. The summed E-state index contributed by atoms with van der Waals surface area (Å²) in [5.74, 6) is -0.379. The van der Waals surface area contributed by atoms with Crippen molar-refractivity contribution >= 4 is 11.8 Å². The standard InChI is InChI=1S/C22H27N3O2/c1-15(23)20(26)25-22(2)14-18(16-9-5-3-6-10-16)13-19(24-21(22)27)17-11-7-4-8-12-17/h3-12,15,18-19H,13-14,23H2,1-2H3,(H,24,27)(H,25,26)/t15-,18+,19+,22-/m0/s1. The molecule has 4 N–H and O–H groups in total. The molecular formula is C22H27N3O2. The van der Waals surface area contributed by atoms with Gasteiger partial charge in [-0.3, -0.25) is 9.59 Å². The summed E-state index contributed by atoms with van der Waals surface area (Å²) >= 11 is 0. The lowest BCUT2D eigenvalue weighted by Crippen LogP contribution is -2.59. The Bertz CT molecular complexity index is 792. The minimum atomic E-state index is -1.02. The average Bonchev–Trinajstić information content (AvgIpc) is 2.80. The minimum absolute atomic E-state index is 0.113. The molecule has 0 spiro atoms. The van der Waals surface area contributed by atoms with Gasteiger partial charge in [0.25, 0.3) is 0 Å². The van der Waals surface area contributed by atoms with Crippen LogP contribution in [0.25, 0.3) is 0 Å².